The van der Waals surface area contributed by atoms with Gasteiger partial charge in [0.15, 0.2) is 0 Å². The van der Waals surface area contributed by atoms with Crippen LogP contribution in [0.4, 0.5) is 0 Å². The second kappa shape index (κ2) is 7.01. The fraction of sp³-hybridized carbons (Fsp3) is 0.389. The van der Waals surface area contributed by atoms with Crippen LogP contribution in [0.1, 0.15) is 36.9 Å². The van der Waals surface area contributed by atoms with E-state index in [2.05, 4.69) is 24.1 Å². The molecule has 1 N–H and O–H groups in total. The molecule has 1 aromatic carbocycles. The molecule has 2 aromatic rings. The molecule has 24 heavy (non-hydrogen) atoms. The second-order valence-corrected chi connectivity index (χ2v) is 8.24. The Labute approximate surface area is 143 Å². The Balaban J connectivity index is 1.94. The van der Waals surface area contributed by atoms with Gasteiger partial charge in [-0.1, -0.05) is 32.0 Å². The molecule has 1 atom stereocenters. The number of nitrogens with zero attached hydrogens (tertiary/aromatic N) is 2. The van der Waals surface area contributed by atoms with Crippen LogP contribution in [0.5, 0.6) is 0 Å². The summed E-state index contributed by atoms with van der Waals surface area (Å²) in [6.07, 6.45) is 3.44. The van der Waals surface area contributed by atoms with Crippen LogP contribution >= 0.6 is 0 Å². The third-order valence-corrected chi connectivity index (χ3v) is 6.34. The lowest BCUT2D eigenvalue weighted by molar-refractivity contribution is 0.271. The van der Waals surface area contributed by atoms with E-state index in [1.165, 1.54) is 0 Å². The molecule has 0 radical (unpaired) electrons. The zero-order chi connectivity index (χ0) is 17.2. The fourth-order valence-electron chi connectivity index (χ4n) is 2.99. The minimum absolute atomic E-state index is 0.234. The zero-order valence-electron chi connectivity index (χ0n) is 14.0. The number of piperazine rings is 1. The first-order valence-electron chi connectivity index (χ1n) is 8.22. The van der Waals surface area contributed by atoms with Crippen LogP contribution in [-0.2, 0) is 10.0 Å². The molecule has 3 rings (SSSR count). The van der Waals surface area contributed by atoms with Crippen LogP contribution in [0.25, 0.3) is 0 Å². The number of nitrogens with one attached hydrogen (secondary N) is 1. The van der Waals surface area contributed by atoms with Gasteiger partial charge < -0.3 is 5.32 Å². The summed E-state index contributed by atoms with van der Waals surface area (Å²) < 4.78 is 27.8. The molecular formula is C18H23N3O2S. The number of benzene rings is 1. The van der Waals surface area contributed by atoms with E-state index in [9.17, 15) is 8.42 Å². The third-order valence-electron chi connectivity index (χ3n) is 4.42. The summed E-state index contributed by atoms with van der Waals surface area (Å²) in [6, 6.07) is 10.8. The number of sulfonamides is 1. The van der Waals surface area contributed by atoms with E-state index < -0.39 is 10.0 Å². The smallest absolute Gasteiger partial charge is 0.243 e. The van der Waals surface area contributed by atoms with Crippen LogP contribution in [0.2, 0.25) is 0 Å². The van der Waals surface area contributed by atoms with Crippen molar-refractivity contribution in [3.63, 3.8) is 0 Å². The van der Waals surface area contributed by atoms with Crippen molar-refractivity contribution in [2.75, 3.05) is 19.6 Å². The SMILES string of the molecule is CC(C)c1ccc(S(=O)(=O)N2CCNCC2c2cccnc2)cc1. The summed E-state index contributed by atoms with van der Waals surface area (Å²) in [4.78, 5) is 4.48. The summed E-state index contributed by atoms with van der Waals surface area (Å²) in [6.45, 7) is 5.89. The van der Waals surface area contributed by atoms with Gasteiger partial charge in [-0.25, -0.2) is 8.42 Å². The number of rotatable bonds is 4. The minimum Gasteiger partial charge on any atom is -0.313 e. The Bertz CT molecular complexity index is 774. The van der Waals surface area contributed by atoms with Crippen molar-refractivity contribution >= 4 is 10.0 Å². The highest BCUT2D eigenvalue weighted by atomic mass is 32.2. The highest BCUT2D eigenvalue weighted by molar-refractivity contribution is 7.89. The van der Waals surface area contributed by atoms with E-state index in [1.807, 2.05) is 24.3 Å². The molecule has 128 valence electrons. The molecule has 1 unspecified atom stereocenters. The molecule has 1 aliphatic heterocycles. The summed E-state index contributed by atoms with van der Waals surface area (Å²) in [5.74, 6) is 0.379. The lowest BCUT2D eigenvalue weighted by Gasteiger charge is -2.35. The molecule has 0 saturated carbocycles. The summed E-state index contributed by atoms with van der Waals surface area (Å²) >= 11 is 0. The quantitative estimate of drug-likeness (QED) is 0.925. The number of hydrogen-bond acceptors (Lipinski definition) is 4. The number of pyridine rings is 1. The van der Waals surface area contributed by atoms with E-state index in [-0.39, 0.29) is 6.04 Å². The van der Waals surface area contributed by atoms with Crippen LogP contribution in [0, 0.1) is 0 Å². The Morgan fingerprint density at radius 3 is 2.58 bits per heavy atom. The van der Waals surface area contributed by atoms with Gasteiger partial charge in [-0.05, 0) is 35.2 Å². The topological polar surface area (TPSA) is 62.3 Å². The molecule has 5 nitrogen and oxygen atoms in total. The van der Waals surface area contributed by atoms with Crippen LogP contribution in [0.15, 0.2) is 53.7 Å². The predicted molar refractivity (Wildman–Crippen MR) is 94.3 cm³/mol. The number of aromatic nitrogens is 1. The average Bonchev–Trinajstić information content (AvgIpc) is 2.62. The highest BCUT2D eigenvalue weighted by Crippen LogP contribution is 2.29. The first kappa shape index (κ1) is 17.1. The first-order chi connectivity index (χ1) is 11.5. The average molecular weight is 345 g/mol. The molecule has 1 aliphatic rings. The molecule has 0 bridgehead atoms. The normalized spacial score (nSPS) is 19.5. The van der Waals surface area contributed by atoms with Crippen molar-refractivity contribution < 1.29 is 8.42 Å². The molecule has 6 heteroatoms. The summed E-state index contributed by atoms with van der Waals surface area (Å²) in [5.41, 5.74) is 2.05. The van der Waals surface area contributed by atoms with Gasteiger partial charge in [0, 0.05) is 32.0 Å². The molecule has 1 fully saturated rings. The van der Waals surface area contributed by atoms with Gasteiger partial charge in [0.25, 0.3) is 0 Å². The molecule has 0 amide bonds. The molecule has 1 saturated heterocycles. The van der Waals surface area contributed by atoms with Gasteiger partial charge in [-0.3, -0.25) is 4.98 Å². The molecule has 0 aliphatic carbocycles. The monoisotopic (exact) mass is 345 g/mol. The second-order valence-electron chi connectivity index (χ2n) is 6.35. The van der Waals surface area contributed by atoms with E-state index >= 15 is 0 Å². The van der Waals surface area contributed by atoms with Gasteiger partial charge in [-0.2, -0.15) is 4.31 Å². The van der Waals surface area contributed by atoms with Crippen LogP contribution in [-0.4, -0.2) is 37.3 Å². The minimum atomic E-state index is -3.54. The van der Waals surface area contributed by atoms with Crippen molar-refractivity contribution in [2.45, 2.75) is 30.7 Å². The van der Waals surface area contributed by atoms with E-state index in [0.717, 1.165) is 11.1 Å². The molecule has 2 heterocycles. The highest BCUT2D eigenvalue weighted by Gasteiger charge is 2.34. The fourth-order valence-corrected chi connectivity index (χ4v) is 4.60. The Hall–Kier alpha value is -1.76. The van der Waals surface area contributed by atoms with Gasteiger partial charge in [0.1, 0.15) is 0 Å². The van der Waals surface area contributed by atoms with Crippen LogP contribution in [0.3, 0.4) is 0 Å². The van der Waals surface area contributed by atoms with Gasteiger partial charge >= 0.3 is 0 Å². The van der Waals surface area contributed by atoms with Gasteiger partial charge in [0.05, 0.1) is 10.9 Å². The standard InChI is InChI=1S/C18H23N3O2S/c1-14(2)15-5-7-17(8-6-15)24(22,23)21-11-10-20-13-18(21)16-4-3-9-19-12-16/h3-9,12,14,18,20H,10-11,13H2,1-2H3. The zero-order valence-corrected chi connectivity index (χ0v) is 14.8. The van der Waals surface area contributed by atoms with Crippen LogP contribution < -0.4 is 5.32 Å². The Kier molecular flexibility index (Phi) is 4.99. The molecule has 0 spiro atoms. The van der Waals surface area contributed by atoms with Crippen molar-refractivity contribution in [3.05, 3.63) is 59.9 Å². The summed E-state index contributed by atoms with van der Waals surface area (Å²) in [5, 5.41) is 3.28. The van der Waals surface area contributed by atoms with E-state index in [4.69, 9.17) is 0 Å². The van der Waals surface area contributed by atoms with Gasteiger partial charge in [0.2, 0.25) is 10.0 Å². The summed E-state index contributed by atoms with van der Waals surface area (Å²) in [7, 11) is -3.54. The lowest BCUT2D eigenvalue weighted by Crippen LogP contribution is -2.48. The van der Waals surface area contributed by atoms with Crippen molar-refractivity contribution in [2.24, 2.45) is 0 Å². The Morgan fingerprint density at radius 1 is 1.21 bits per heavy atom. The predicted octanol–water partition coefficient (Wildman–Crippen LogP) is 2.54. The largest absolute Gasteiger partial charge is 0.313 e. The van der Waals surface area contributed by atoms with Gasteiger partial charge in [-0.15, -0.1) is 0 Å². The van der Waals surface area contributed by atoms with Crippen molar-refractivity contribution in [3.8, 4) is 0 Å². The van der Waals surface area contributed by atoms with Crippen molar-refractivity contribution in [1.29, 1.82) is 0 Å². The number of hydrogen-bond donors (Lipinski definition) is 1. The first-order valence-corrected chi connectivity index (χ1v) is 9.66. The molecule has 1 aromatic heterocycles. The Morgan fingerprint density at radius 2 is 1.96 bits per heavy atom. The maximum absolute atomic E-state index is 13.1. The molecular weight excluding hydrogens is 322 g/mol. The van der Waals surface area contributed by atoms with E-state index in [1.54, 1.807) is 28.8 Å². The lowest BCUT2D eigenvalue weighted by atomic mass is 10.0. The maximum Gasteiger partial charge on any atom is 0.243 e. The third kappa shape index (κ3) is 3.36. The van der Waals surface area contributed by atoms with Crippen molar-refractivity contribution in [1.82, 2.24) is 14.6 Å². The maximum atomic E-state index is 13.1. The van der Waals surface area contributed by atoms with E-state index in [0.29, 0.717) is 30.4 Å².